The van der Waals surface area contributed by atoms with Crippen molar-refractivity contribution in [2.45, 2.75) is 6.61 Å². The lowest BCUT2D eigenvalue weighted by atomic mass is 9.97. The maximum atomic E-state index is 12.3. The number of benzene rings is 3. The van der Waals surface area contributed by atoms with Crippen LogP contribution in [0.1, 0.15) is 5.56 Å². The highest BCUT2D eigenvalue weighted by Crippen LogP contribution is 2.29. The topological polar surface area (TPSA) is 38.8 Å². The molecule has 0 bridgehead atoms. The summed E-state index contributed by atoms with van der Waals surface area (Å²) in [5, 5.41) is 4.61. The van der Waals surface area contributed by atoms with Crippen LogP contribution < -0.4 is 0 Å². The average molecular weight is 335 g/mol. The summed E-state index contributed by atoms with van der Waals surface area (Å²) < 4.78 is 10.9. The molecule has 0 saturated carbocycles. The zero-order chi connectivity index (χ0) is 17.1. The van der Waals surface area contributed by atoms with Crippen molar-refractivity contribution in [3.63, 3.8) is 0 Å². The van der Waals surface area contributed by atoms with Gasteiger partial charge >= 0.3 is 5.97 Å². The van der Waals surface area contributed by atoms with Gasteiger partial charge in [0.2, 0.25) is 0 Å². The van der Waals surface area contributed by atoms with Gasteiger partial charge in [-0.2, -0.15) is 0 Å². The van der Waals surface area contributed by atoms with E-state index in [9.17, 15) is 4.79 Å². The van der Waals surface area contributed by atoms with E-state index in [2.05, 4.69) is 35.2 Å². The lowest BCUT2D eigenvalue weighted by Gasteiger charge is -2.25. The van der Waals surface area contributed by atoms with Gasteiger partial charge < -0.3 is 9.47 Å². The second-order valence-corrected chi connectivity index (χ2v) is 6.35. The van der Waals surface area contributed by atoms with E-state index in [-0.39, 0.29) is 5.97 Å². The molecule has 0 spiro atoms. The number of hydrogen-bond acceptors (Lipinski definition) is 4. The number of carbonyl (C=O) groups is 1. The molecule has 1 fully saturated rings. The molecule has 4 nitrogen and oxygen atoms in total. The van der Waals surface area contributed by atoms with Gasteiger partial charge in [-0.15, -0.1) is 0 Å². The molecule has 0 N–H and O–H groups in total. The Bertz CT molecular complexity index is 846. The van der Waals surface area contributed by atoms with E-state index in [0.29, 0.717) is 26.4 Å². The van der Waals surface area contributed by atoms with E-state index in [4.69, 9.17) is 9.47 Å². The molecule has 3 aromatic carbocycles. The largest absolute Gasteiger partial charge is 0.460 e. The normalized spacial score (nSPS) is 15.5. The Balaban J connectivity index is 1.58. The van der Waals surface area contributed by atoms with Crippen molar-refractivity contribution in [1.29, 1.82) is 0 Å². The van der Waals surface area contributed by atoms with Gasteiger partial charge in [-0.25, -0.2) is 0 Å². The highest BCUT2D eigenvalue weighted by atomic mass is 16.5. The van der Waals surface area contributed by atoms with Crippen LogP contribution in [0.4, 0.5) is 0 Å². The van der Waals surface area contributed by atoms with E-state index in [0.717, 1.165) is 29.4 Å². The zero-order valence-electron chi connectivity index (χ0n) is 14.1. The quantitative estimate of drug-likeness (QED) is 0.541. The summed E-state index contributed by atoms with van der Waals surface area (Å²) in [4.78, 5) is 14.3. The number of rotatable bonds is 4. The molecule has 25 heavy (non-hydrogen) atoms. The van der Waals surface area contributed by atoms with Crippen molar-refractivity contribution in [3.05, 3.63) is 60.2 Å². The molecule has 1 aliphatic heterocycles. The van der Waals surface area contributed by atoms with Crippen LogP contribution in [0.2, 0.25) is 0 Å². The lowest BCUT2D eigenvalue weighted by molar-refractivity contribution is -0.147. The molecular formula is C21H21NO3. The number of nitrogens with zero attached hydrogens (tertiary/aromatic N) is 1. The summed E-state index contributed by atoms with van der Waals surface area (Å²) in [6, 6.07) is 18.7. The minimum atomic E-state index is -0.182. The number of carbonyl (C=O) groups excluding carboxylic acids is 1. The molecule has 0 aromatic heterocycles. The van der Waals surface area contributed by atoms with E-state index < -0.39 is 0 Å². The van der Waals surface area contributed by atoms with Crippen LogP contribution in [0.15, 0.2) is 54.6 Å². The van der Waals surface area contributed by atoms with Crippen LogP contribution in [0.3, 0.4) is 0 Å². The first kappa shape index (κ1) is 16.1. The fourth-order valence-corrected chi connectivity index (χ4v) is 3.40. The van der Waals surface area contributed by atoms with Crippen molar-refractivity contribution in [2.75, 3.05) is 32.8 Å². The third-order valence-electron chi connectivity index (χ3n) is 4.72. The summed E-state index contributed by atoms with van der Waals surface area (Å²) in [5.41, 5.74) is 1.07. The predicted molar refractivity (Wildman–Crippen MR) is 98.5 cm³/mol. The van der Waals surface area contributed by atoms with Crippen molar-refractivity contribution >= 4 is 27.5 Å². The summed E-state index contributed by atoms with van der Waals surface area (Å²) in [7, 11) is 0. The van der Waals surface area contributed by atoms with Crippen LogP contribution in [-0.4, -0.2) is 43.7 Å². The zero-order valence-corrected chi connectivity index (χ0v) is 14.1. The fraction of sp³-hybridized carbons (Fsp3) is 0.286. The SMILES string of the molecule is O=C(CN1CCOCC1)OCc1c2ccccc2cc2ccccc12. The highest BCUT2D eigenvalue weighted by molar-refractivity contribution is 6.02. The molecule has 128 valence electrons. The number of ether oxygens (including phenoxy) is 2. The van der Waals surface area contributed by atoms with Crippen LogP contribution in [0.25, 0.3) is 21.5 Å². The first-order chi connectivity index (χ1) is 12.3. The first-order valence-electron chi connectivity index (χ1n) is 8.66. The van der Waals surface area contributed by atoms with Gasteiger partial charge in [0, 0.05) is 18.7 Å². The molecule has 4 rings (SSSR count). The second-order valence-electron chi connectivity index (χ2n) is 6.35. The lowest BCUT2D eigenvalue weighted by Crippen LogP contribution is -2.40. The fourth-order valence-electron chi connectivity index (χ4n) is 3.40. The molecule has 1 saturated heterocycles. The third-order valence-corrected chi connectivity index (χ3v) is 4.72. The Morgan fingerprint density at radius 2 is 1.56 bits per heavy atom. The van der Waals surface area contributed by atoms with Crippen molar-refractivity contribution in [2.24, 2.45) is 0 Å². The van der Waals surface area contributed by atoms with Crippen LogP contribution in [-0.2, 0) is 20.9 Å². The Labute approximate surface area is 146 Å². The molecular weight excluding hydrogens is 314 g/mol. The van der Waals surface area contributed by atoms with E-state index >= 15 is 0 Å². The van der Waals surface area contributed by atoms with Crippen molar-refractivity contribution in [1.82, 2.24) is 4.90 Å². The minimum Gasteiger partial charge on any atom is -0.460 e. The van der Waals surface area contributed by atoms with Gasteiger partial charge in [0.1, 0.15) is 6.61 Å². The average Bonchev–Trinajstić information content (AvgIpc) is 2.66. The molecule has 0 amide bonds. The molecule has 3 aromatic rings. The smallest absolute Gasteiger partial charge is 0.320 e. The van der Waals surface area contributed by atoms with Gasteiger partial charge in [-0.1, -0.05) is 48.5 Å². The van der Waals surface area contributed by atoms with Gasteiger partial charge in [0.25, 0.3) is 0 Å². The van der Waals surface area contributed by atoms with Gasteiger partial charge in [-0.05, 0) is 27.6 Å². The molecule has 0 atom stereocenters. The Morgan fingerprint density at radius 3 is 2.20 bits per heavy atom. The summed E-state index contributed by atoms with van der Waals surface area (Å²) in [6.45, 7) is 3.55. The number of fused-ring (bicyclic) bond motifs is 2. The molecule has 0 unspecified atom stereocenters. The van der Waals surface area contributed by atoms with Crippen LogP contribution in [0, 0.1) is 0 Å². The number of hydrogen-bond donors (Lipinski definition) is 0. The molecule has 1 aliphatic rings. The first-order valence-corrected chi connectivity index (χ1v) is 8.66. The monoisotopic (exact) mass is 335 g/mol. The summed E-state index contributed by atoms with van der Waals surface area (Å²) >= 11 is 0. The van der Waals surface area contributed by atoms with Crippen molar-refractivity contribution in [3.8, 4) is 0 Å². The Hall–Kier alpha value is -2.43. The third kappa shape index (κ3) is 3.50. The van der Waals surface area contributed by atoms with Gasteiger partial charge in [-0.3, -0.25) is 9.69 Å². The second kappa shape index (κ2) is 7.21. The predicted octanol–water partition coefficient (Wildman–Crippen LogP) is 3.37. The number of esters is 1. The standard InChI is InChI=1S/C21H21NO3/c23-21(14-22-9-11-24-12-10-22)25-15-20-18-7-3-1-5-16(18)13-17-6-2-4-8-19(17)20/h1-8,13H,9-12,14-15H2. The molecule has 0 aliphatic carbocycles. The highest BCUT2D eigenvalue weighted by Gasteiger charge is 2.16. The summed E-state index contributed by atoms with van der Waals surface area (Å²) in [5.74, 6) is -0.182. The minimum absolute atomic E-state index is 0.182. The maximum absolute atomic E-state index is 12.3. The van der Waals surface area contributed by atoms with Gasteiger partial charge in [0.05, 0.1) is 19.8 Å². The molecule has 1 heterocycles. The van der Waals surface area contributed by atoms with E-state index in [1.54, 1.807) is 0 Å². The number of morpholine rings is 1. The van der Waals surface area contributed by atoms with Crippen LogP contribution in [0.5, 0.6) is 0 Å². The molecule has 0 radical (unpaired) electrons. The Morgan fingerprint density at radius 1 is 0.960 bits per heavy atom. The Kier molecular flexibility index (Phi) is 4.63. The maximum Gasteiger partial charge on any atom is 0.320 e. The van der Waals surface area contributed by atoms with Crippen LogP contribution >= 0.6 is 0 Å². The summed E-state index contributed by atoms with van der Waals surface area (Å²) in [6.07, 6.45) is 0. The van der Waals surface area contributed by atoms with E-state index in [1.807, 2.05) is 24.3 Å². The van der Waals surface area contributed by atoms with E-state index in [1.165, 1.54) is 10.8 Å². The molecule has 4 heteroatoms. The van der Waals surface area contributed by atoms with Crippen molar-refractivity contribution < 1.29 is 14.3 Å². The van der Waals surface area contributed by atoms with Gasteiger partial charge in [0.15, 0.2) is 0 Å².